The van der Waals surface area contributed by atoms with E-state index >= 15 is 0 Å². The number of nitrogens with zero attached hydrogens (tertiary/aromatic N) is 6. The molecule has 1 aromatic heterocycles. The van der Waals surface area contributed by atoms with Gasteiger partial charge in [0.15, 0.2) is 22.6 Å². The van der Waals surface area contributed by atoms with Crippen molar-refractivity contribution in [2.45, 2.75) is 13.0 Å². The van der Waals surface area contributed by atoms with Crippen LogP contribution in [0.1, 0.15) is 12.5 Å². The molecular formula is C24H28ClF2N7O. The molecule has 1 atom stereocenters. The molecule has 0 spiro atoms. The zero-order valence-corrected chi connectivity index (χ0v) is 20.3. The number of hydrogen-bond donors (Lipinski definition) is 1. The average molecular weight is 504 g/mol. The Hall–Kier alpha value is -3.24. The van der Waals surface area contributed by atoms with E-state index in [2.05, 4.69) is 33.3 Å². The van der Waals surface area contributed by atoms with E-state index in [9.17, 15) is 8.78 Å². The van der Waals surface area contributed by atoms with E-state index < -0.39 is 11.6 Å². The predicted molar refractivity (Wildman–Crippen MR) is 133 cm³/mol. The summed E-state index contributed by atoms with van der Waals surface area (Å²) in [4.78, 5) is 19.5. The summed E-state index contributed by atoms with van der Waals surface area (Å²) >= 11 is 6.26. The van der Waals surface area contributed by atoms with Crippen molar-refractivity contribution >= 4 is 29.0 Å². The number of amidine groups is 1. The van der Waals surface area contributed by atoms with Gasteiger partial charge in [-0.15, -0.1) is 0 Å². The SMILES string of the molecule is C=C(/N=C(\C=C(/N)c1ccc(F)c(F)c1)N1CCN(c2nccnc2Cl)C[C@H]1C)N1CCOCC1. The molecule has 0 saturated carbocycles. The molecule has 8 nitrogen and oxygen atoms in total. The standard InChI is InChI=1S/C24H28ClF2N7O/c1-16-15-33(24-23(25)29-5-6-30-24)7-8-34(16)22(31-17(2)32-9-11-35-12-10-32)14-21(28)18-3-4-19(26)20(27)13-18/h3-6,13-14,16H,2,7-12,15,28H2,1H3/b21-14-,31-22+/t16-/m1/s1. The Morgan fingerprint density at radius 2 is 1.91 bits per heavy atom. The van der Waals surface area contributed by atoms with Gasteiger partial charge in [0.1, 0.15) is 11.7 Å². The lowest BCUT2D eigenvalue weighted by Crippen LogP contribution is -2.54. The molecule has 2 saturated heterocycles. The number of morpholine rings is 1. The molecule has 0 bridgehead atoms. The molecule has 2 fully saturated rings. The zero-order chi connectivity index (χ0) is 24.9. The van der Waals surface area contributed by atoms with Crippen molar-refractivity contribution in [1.82, 2.24) is 19.8 Å². The quantitative estimate of drug-likeness (QED) is 0.496. The van der Waals surface area contributed by atoms with Crippen LogP contribution in [0.3, 0.4) is 0 Å². The van der Waals surface area contributed by atoms with Crippen molar-refractivity contribution in [2.24, 2.45) is 10.7 Å². The number of aromatic nitrogens is 2. The number of hydrogen-bond acceptors (Lipinski definition) is 7. The first kappa shape index (κ1) is 24.9. The van der Waals surface area contributed by atoms with Gasteiger partial charge in [-0.1, -0.05) is 18.2 Å². The first-order valence-electron chi connectivity index (χ1n) is 11.3. The second-order valence-electron chi connectivity index (χ2n) is 8.37. The van der Waals surface area contributed by atoms with Gasteiger partial charge in [0.25, 0.3) is 0 Å². The fourth-order valence-corrected chi connectivity index (χ4v) is 4.34. The number of nitrogens with two attached hydrogens (primary N) is 1. The van der Waals surface area contributed by atoms with Gasteiger partial charge in [-0.2, -0.15) is 0 Å². The maximum Gasteiger partial charge on any atom is 0.171 e. The van der Waals surface area contributed by atoms with E-state index in [1.54, 1.807) is 18.5 Å². The maximum atomic E-state index is 13.8. The van der Waals surface area contributed by atoms with E-state index in [0.717, 1.165) is 12.1 Å². The first-order chi connectivity index (χ1) is 16.8. The Labute approximate surface area is 208 Å². The summed E-state index contributed by atoms with van der Waals surface area (Å²) in [6.45, 7) is 10.6. The number of anilines is 1. The topological polar surface area (TPSA) is 83.1 Å². The highest BCUT2D eigenvalue weighted by Crippen LogP contribution is 2.24. The van der Waals surface area contributed by atoms with Crippen molar-refractivity contribution in [3.8, 4) is 0 Å². The van der Waals surface area contributed by atoms with Gasteiger partial charge >= 0.3 is 0 Å². The van der Waals surface area contributed by atoms with Crippen LogP contribution in [0.4, 0.5) is 14.6 Å². The van der Waals surface area contributed by atoms with Gasteiger partial charge in [-0.3, -0.25) is 0 Å². The molecule has 2 N–H and O–H groups in total. The minimum atomic E-state index is -0.960. The molecule has 186 valence electrons. The number of halogens is 3. The Morgan fingerprint density at radius 3 is 2.60 bits per heavy atom. The number of piperazine rings is 1. The van der Waals surface area contributed by atoms with Gasteiger partial charge < -0.3 is 25.2 Å². The number of ether oxygens (including phenoxy) is 1. The number of aliphatic imine (C=N–C) groups is 1. The predicted octanol–water partition coefficient (Wildman–Crippen LogP) is 3.12. The molecule has 2 aliphatic rings. The molecule has 2 aromatic rings. The van der Waals surface area contributed by atoms with E-state index in [-0.39, 0.29) is 11.7 Å². The summed E-state index contributed by atoms with van der Waals surface area (Å²) in [6.07, 6.45) is 4.85. The van der Waals surface area contributed by atoms with Crippen molar-refractivity contribution in [3.05, 3.63) is 71.4 Å². The second kappa shape index (κ2) is 11.0. The fourth-order valence-electron chi connectivity index (χ4n) is 4.12. The third kappa shape index (κ3) is 5.88. The minimum Gasteiger partial charge on any atom is -0.398 e. The van der Waals surface area contributed by atoms with Crippen molar-refractivity contribution in [3.63, 3.8) is 0 Å². The lowest BCUT2D eigenvalue weighted by molar-refractivity contribution is 0.0533. The lowest BCUT2D eigenvalue weighted by atomic mass is 10.1. The second-order valence-corrected chi connectivity index (χ2v) is 8.73. The van der Waals surface area contributed by atoms with E-state index in [1.807, 2.05) is 4.90 Å². The molecule has 0 aliphatic carbocycles. The van der Waals surface area contributed by atoms with E-state index in [4.69, 9.17) is 27.1 Å². The highest BCUT2D eigenvalue weighted by Gasteiger charge is 2.28. The van der Waals surface area contributed by atoms with Gasteiger partial charge in [0.2, 0.25) is 0 Å². The third-order valence-corrected chi connectivity index (χ3v) is 6.28. The lowest BCUT2D eigenvalue weighted by Gasteiger charge is -2.42. The molecule has 2 aliphatic heterocycles. The molecule has 4 rings (SSSR count). The van der Waals surface area contributed by atoms with E-state index in [0.29, 0.717) is 74.1 Å². The Kier molecular flexibility index (Phi) is 7.82. The molecule has 0 unspecified atom stereocenters. The maximum absolute atomic E-state index is 13.8. The van der Waals surface area contributed by atoms with Crippen LogP contribution in [-0.4, -0.2) is 77.6 Å². The number of rotatable bonds is 5. The minimum absolute atomic E-state index is 0.00654. The van der Waals surface area contributed by atoms with Crippen LogP contribution in [0.15, 0.2) is 54.1 Å². The summed E-state index contributed by atoms with van der Waals surface area (Å²) in [5, 5.41) is 0.352. The summed E-state index contributed by atoms with van der Waals surface area (Å²) in [5.41, 5.74) is 6.95. The summed E-state index contributed by atoms with van der Waals surface area (Å²) in [5.74, 6) is -0.0828. The van der Waals surface area contributed by atoms with E-state index in [1.165, 1.54) is 6.07 Å². The molecular weight excluding hydrogens is 476 g/mol. The summed E-state index contributed by atoms with van der Waals surface area (Å²) in [6, 6.07) is 3.58. The summed E-state index contributed by atoms with van der Waals surface area (Å²) in [7, 11) is 0. The van der Waals surface area contributed by atoms with Crippen LogP contribution in [0.2, 0.25) is 5.15 Å². The number of benzene rings is 1. The fraction of sp³-hybridized carbons (Fsp3) is 0.375. The van der Waals surface area contributed by atoms with Gasteiger partial charge in [0, 0.05) is 68.5 Å². The van der Waals surface area contributed by atoms with Crippen molar-refractivity contribution in [2.75, 3.05) is 50.8 Å². The van der Waals surface area contributed by atoms with Gasteiger partial charge in [-0.05, 0) is 25.1 Å². The highest BCUT2D eigenvalue weighted by molar-refractivity contribution is 6.31. The molecule has 0 amide bonds. The van der Waals surface area contributed by atoms with Gasteiger partial charge in [-0.25, -0.2) is 23.7 Å². The van der Waals surface area contributed by atoms with Crippen LogP contribution in [-0.2, 0) is 4.74 Å². The molecule has 35 heavy (non-hydrogen) atoms. The normalized spacial score (nSPS) is 19.8. The van der Waals surface area contributed by atoms with Crippen LogP contribution in [0.5, 0.6) is 0 Å². The van der Waals surface area contributed by atoms with Gasteiger partial charge in [0.05, 0.1) is 13.2 Å². The van der Waals surface area contributed by atoms with Crippen LogP contribution in [0, 0.1) is 11.6 Å². The monoisotopic (exact) mass is 503 g/mol. The zero-order valence-electron chi connectivity index (χ0n) is 19.5. The summed E-state index contributed by atoms with van der Waals surface area (Å²) < 4.78 is 32.7. The van der Waals surface area contributed by atoms with Crippen LogP contribution >= 0.6 is 11.6 Å². The molecule has 0 radical (unpaired) electrons. The van der Waals surface area contributed by atoms with Crippen LogP contribution < -0.4 is 10.6 Å². The first-order valence-corrected chi connectivity index (χ1v) is 11.7. The van der Waals surface area contributed by atoms with Crippen molar-refractivity contribution in [1.29, 1.82) is 0 Å². The van der Waals surface area contributed by atoms with Crippen LogP contribution in [0.25, 0.3) is 5.70 Å². The van der Waals surface area contributed by atoms with Crippen molar-refractivity contribution < 1.29 is 13.5 Å². The third-order valence-electron chi connectivity index (χ3n) is 6.01. The Balaban J connectivity index is 1.62. The average Bonchev–Trinajstić information content (AvgIpc) is 2.86. The molecule has 11 heteroatoms. The Bertz CT molecular complexity index is 1140. The smallest absolute Gasteiger partial charge is 0.171 e. The molecule has 3 heterocycles. The highest BCUT2D eigenvalue weighted by atomic mass is 35.5. The molecule has 1 aromatic carbocycles. The largest absolute Gasteiger partial charge is 0.398 e. The Morgan fingerprint density at radius 1 is 1.17 bits per heavy atom.